The van der Waals surface area contributed by atoms with E-state index in [0.717, 1.165) is 16.6 Å². The van der Waals surface area contributed by atoms with Crippen molar-refractivity contribution < 1.29 is 9.96 Å². The van der Waals surface area contributed by atoms with Crippen molar-refractivity contribution in [3.63, 3.8) is 0 Å². The van der Waals surface area contributed by atoms with Gasteiger partial charge in [0.05, 0.1) is 26.2 Å². The van der Waals surface area contributed by atoms with Gasteiger partial charge in [-0.2, -0.15) is 0 Å². The highest BCUT2D eigenvalue weighted by Crippen LogP contribution is 2.10. The van der Waals surface area contributed by atoms with Crippen LogP contribution in [0.15, 0.2) is 0 Å². The molecule has 0 aliphatic rings. The second-order valence-electron chi connectivity index (χ2n) is 3.82. The van der Waals surface area contributed by atoms with E-state index in [1.54, 1.807) is 0 Å². The molecule has 0 saturated carbocycles. The first kappa shape index (κ1) is 12.6. The van der Waals surface area contributed by atoms with Crippen molar-refractivity contribution in [3.8, 4) is 0 Å². The molecule has 0 aromatic carbocycles. The van der Waals surface area contributed by atoms with Gasteiger partial charge >= 0.3 is 0 Å². The number of quaternary nitrogens is 1. The lowest BCUT2D eigenvalue weighted by Crippen LogP contribution is -2.50. The zero-order valence-corrected chi connectivity index (χ0v) is 8.05. The fraction of sp³-hybridized carbons (Fsp3) is 1.00. The first-order valence-corrected chi connectivity index (χ1v) is 3.72. The van der Waals surface area contributed by atoms with Crippen molar-refractivity contribution in [2.24, 2.45) is 0 Å². The normalized spacial score (nSPS) is 12.0. The lowest BCUT2D eigenvalue weighted by molar-refractivity contribution is -0.931. The van der Waals surface area contributed by atoms with Crippen LogP contribution in [0.3, 0.4) is 0 Å². The van der Waals surface area contributed by atoms with Gasteiger partial charge in [-0.15, -0.1) is 0 Å². The van der Waals surface area contributed by atoms with Crippen molar-refractivity contribution >= 4 is 0 Å². The fourth-order valence-corrected chi connectivity index (χ4v) is 0.596. The average Bonchev–Trinajstić information content (AvgIpc) is 1.65. The van der Waals surface area contributed by atoms with Crippen LogP contribution >= 0.6 is 0 Å². The Morgan fingerprint density at radius 1 is 0.800 bits per heavy atom. The molecule has 10 heavy (non-hydrogen) atoms. The zero-order chi connectivity index (χ0) is 7.65. The van der Waals surface area contributed by atoms with Crippen LogP contribution in [0.25, 0.3) is 0 Å². The van der Waals surface area contributed by atoms with E-state index in [0.29, 0.717) is 0 Å². The minimum atomic E-state index is 0. The van der Waals surface area contributed by atoms with Crippen LogP contribution in [0.1, 0.15) is 27.7 Å². The van der Waals surface area contributed by atoms with Gasteiger partial charge in [0.2, 0.25) is 0 Å². The highest BCUT2D eigenvalue weighted by atomic mass is 16.0. The van der Waals surface area contributed by atoms with Crippen molar-refractivity contribution in [2.45, 2.75) is 39.8 Å². The third-order valence-corrected chi connectivity index (χ3v) is 2.66. The minimum Gasteiger partial charge on any atom is -0.870 e. The Balaban J connectivity index is 0. The SMILES string of the molecule is CC(C)[N+](C)(C)C(C)C.[OH-]. The maximum absolute atomic E-state index is 2.27. The van der Waals surface area contributed by atoms with E-state index in [1.807, 2.05) is 0 Å². The van der Waals surface area contributed by atoms with Crippen LogP contribution in [0, 0.1) is 0 Å². The third kappa shape index (κ3) is 2.67. The molecule has 0 aromatic heterocycles. The van der Waals surface area contributed by atoms with Crippen molar-refractivity contribution in [3.05, 3.63) is 0 Å². The largest absolute Gasteiger partial charge is 0.870 e. The predicted octanol–water partition coefficient (Wildman–Crippen LogP) is 1.70. The second-order valence-corrected chi connectivity index (χ2v) is 3.82. The number of nitrogens with zero attached hydrogens (tertiary/aromatic N) is 1. The molecule has 0 bridgehead atoms. The number of hydrogen-bond acceptors (Lipinski definition) is 1. The summed E-state index contributed by atoms with van der Waals surface area (Å²) in [5.41, 5.74) is 0. The summed E-state index contributed by atoms with van der Waals surface area (Å²) >= 11 is 0. The monoisotopic (exact) mass is 147 g/mol. The van der Waals surface area contributed by atoms with E-state index in [-0.39, 0.29) is 5.48 Å². The minimum absolute atomic E-state index is 0. The van der Waals surface area contributed by atoms with Gasteiger partial charge in [0, 0.05) is 0 Å². The van der Waals surface area contributed by atoms with E-state index in [1.165, 1.54) is 0 Å². The van der Waals surface area contributed by atoms with Crippen LogP contribution in [-0.2, 0) is 0 Å². The first-order chi connectivity index (χ1) is 3.89. The Bertz CT molecular complexity index is 77.3. The van der Waals surface area contributed by atoms with Crippen LogP contribution < -0.4 is 0 Å². The lowest BCUT2D eigenvalue weighted by atomic mass is 10.2. The number of hydrogen-bond donors (Lipinski definition) is 0. The molecule has 2 heteroatoms. The molecule has 0 rings (SSSR count). The molecule has 0 amide bonds. The topological polar surface area (TPSA) is 30.0 Å². The maximum atomic E-state index is 2.27. The van der Waals surface area contributed by atoms with Crippen molar-refractivity contribution in [1.29, 1.82) is 0 Å². The summed E-state index contributed by atoms with van der Waals surface area (Å²) in [6.07, 6.45) is 0. The zero-order valence-electron chi connectivity index (χ0n) is 8.05. The molecular formula is C8H21NO. The van der Waals surface area contributed by atoms with Gasteiger partial charge in [0.25, 0.3) is 0 Å². The van der Waals surface area contributed by atoms with Crippen LogP contribution in [-0.4, -0.2) is 36.1 Å². The summed E-state index contributed by atoms with van der Waals surface area (Å²) in [4.78, 5) is 0. The Kier molecular flexibility index (Phi) is 4.96. The molecule has 64 valence electrons. The molecule has 2 nitrogen and oxygen atoms in total. The van der Waals surface area contributed by atoms with E-state index in [4.69, 9.17) is 0 Å². The van der Waals surface area contributed by atoms with E-state index in [2.05, 4.69) is 41.8 Å². The summed E-state index contributed by atoms with van der Waals surface area (Å²) in [7, 11) is 4.55. The highest BCUT2D eigenvalue weighted by Gasteiger charge is 2.22. The summed E-state index contributed by atoms with van der Waals surface area (Å²) < 4.78 is 1.11. The predicted molar refractivity (Wildman–Crippen MR) is 44.3 cm³/mol. The summed E-state index contributed by atoms with van der Waals surface area (Å²) in [6.45, 7) is 9.06. The molecule has 0 unspecified atom stereocenters. The summed E-state index contributed by atoms with van der Waals surface area (Å²) in [6, 6.07) is 1.45. The quantitative estimate of drug-likeness (QED) is 0.547. The Morgan fingerprint density at radius 2 is 1.00 bits per heavy atom. The third-order valence-electron chi connectivity index (χ3n) is 2.66. The van der Waals surface area contributed by atoms with Gasteiger partial charge < -0.3 is 9.96 Å². The standard InChI is InChI=1S/C8H20N.H2O/c1-7(2)9(5,6)8(3)4;/h7-8H,1-6H3;1H2/q+1;/p-1. The van der Waals surface area contributed by atoms with Gasteiger partial charge in [-0.05, 0) is 27.7 Å². The van der Waals surface area contributed by atoms with Crippen LogP contribution in [0.5, 0.6) is 0 Å². The maximum Gasteiger partial charge on any atom is 0.0831 e. The lowest BCUT2D eigenvalue weighted by Gasteiger charge is -2.38. The van der Waals surface area contributed by atoms with Crippen LogP contribution in [0.4, 0.5) is 0 Å². The van der Waals surface area contributed by atoms with E-state index in [9.17, 15) is 0 Å². The Labute approximate surface area is 64.7 Å². The Hall–Kier alpha value is -0.0800. The van der Waals surface area contributed by atoms with Gasteiger partial charge in [-0.25, -0.2) is 0 Å². The van der Waals surface area contributed by atoms with Gasteiger partial charge in [-0.1, -0.05) is 0 Å². The smallest absolute Gasteiger partial charge is 0.0831 e. The van der Waals surface area contributed by atoms with E-state index < -0.39 is 0 Å². The molecule has 0 aromatic rings. The Morgan fingerprint density at radius 3 is 1.00 bits per heavy atom. The molecular weight excluding hydrogens is 126 g/mol. The molecule has 1 N–H and O–H groups in total. The number of rotatable bonds is 2. The van der Waals surface area contributed by atoms with E-state index >= 15 is 0 Å². The van der Waals surface area contributed by atoms with Crippen molar-refractivity contribution in [2.75, 3.05) is 14.1 Å². The second kappa shape index (κ2) is 3.94. The molecule has 0 saturated heterocycles. The molecule has 0 aliphatic heterocycles. The highest BCUT2D eigenvalue weighted by molar-refractivity contribution is 4.44. The molecule has 0 radical (unpaired) electrons. The molecule has 0 atom stereocenters. The molecule has 0 spiro atoms. The van der Waals surface area contributed by atoms with Gasteiger partial charge in [0.15, 0.2) is 0 Å². The molecule has 0 fully saturated rings. The molecule has 0 heterocycles. The van der Waals surface area contributed by atoms with Crippen molar-refractivity contribution in [1.82, 2.24) is 0 Å². The summed E-state index contributed by atoms with van der Waals surface area (Å²) in [5, 5.41) is 0. The molecule has 0 aliphatic carbocycles. The van der Waals surface area contributed by atoms with Gasteiger partial charge in [0.1, 0.15) is 0 Å². The van der Waals surface area contributed by atoms with Gasteiger partial charge in [-0.3, -0.25) is 0 Å². The van der Waals surface area contributed by atoms with Crippen LogP contribution in [0.2, 0.25) is 0 Å². The first-order valence-electron chi connectivity index (χ1n) is 3.72. The fourth-order valence-electron chi connectivity index (χ4n) is 0.596. The summed E-state index contributed by atoms with van der Waals surface area (Å²) in [5.74, 6) is 0. The average molecular weight is 147 g/mol.